The van der Waals surface area contributed by atoms with E-state index in [-0.39, 0.29) is 12.4 Å². The van der Waals surface area contributed by atoms with Gasteiger partial charge in [0.25, 0.3) is 0 Å². The second kappa shape index (κ2) is 5.47. The minimum absolute atomic E-state index is 0.163. The maximum Gasteiger partial charge on any atom is 0.129 e. The lowest BCUT2D eigenvalue weighted by Crippen LogP contribution is -2.23. The summed E-state index contributed by atoms with van der Waals surface area (Å²) in [7, 11) is 1.82. The van der Waals surface area contributed by atoms with Crippen molar-refractivity contribution in [2.24, 2.45) is 5.92 Å². The fourth-order valence-electron chi connectivity index (χ4n) is 2.40. The minimum Gasteiger partial charge on any atom is -0.396 e. The molecule has 17 heavy (non-hydrogen) atoms. The first-order valence-corrected chi connectivity index (χ1v) is 6.04. The Bertz CT molecular complexity index is 384. The highest BCUT2D eigenvalue weighted by Crippen LogP contribution is 2.28. The minimum atomic E-state index is -0.163. The molecule has 1 heterocycles. The van der Waals surface area contributed by atoms with Crippen LogP contribution in [0.25, 0.3) is 0 Å². The number of rotatable bonds is 4. The van der Waals surface area contributed by atoms with Crippen LogP contribution in [0.1, 0.15) is 12.0 Å². The third kappa shape index (κ3) is 2.58. The van der Waals surface area contributed by atoms with E-state index in [1.54, 1.807) is 6.07 Å². The number of hydrogen-bond donors (Lipinski definition) is 2. The Labute approximate surface area is 101 Å². The van der Waals surface area contributed by atoms with E-state index in [0.29, 0.717) is 18.0 Å². The monoisotopic (exact) mass is 238 g/mol. The van der Waals surface area contributed by atoms with Crippen molar-refractivity contribution in [1.29, 1.82) is 0 Å². The van der Waals surface area contributed by atoms with Crippen LogP contribution in [0.5, 0.6) is 0 Å². The molecule has 0 spiro atoms. The van der Waals surface area contributed by atoms with Gasteiger partial charge < -0.3 is 15.3 Å². The van der Waals surface area contributed by atoms with Crippen LogP contribution in [0.3, 0.4) is 0 Å². The topological polar surface area (TPSA) is 35.5 Å². The van der Waals surface area contributed by atoms with Gasteiger partial charge in [-0.1, -0.05) is 6.07 Å². The van der Waals surface area contributed by atoms with Gasteiger partial charge in [0, 0.05) is 43.4 Å². The summed E-state index contributed by atoms with van der Waals surface area (Å²) in [5.74, 6) is 0.157. The van der Waals surface area contributed by atoms with E-state index in [1.807, 2.05) is 13.1 Å². The van der Waals surface area contributed by atoms with E-state index in [0.717, 1.165) is 25.2 Å². The standard InChI is InChI=1S/C13H19FN2O/c1-15-7-11-12(14)3-2-4-13(11)16-6-5-10(8-16)9-17/h2-4,10,15,17H,5-9H2,1H3. The average molecular weight is 238 g/mol. The summed E-state index contributed by atoms with van der Waals surface area (Å²) in [5, 5.41) is 12.1. The molecule has 1 atom stereocenters. The summed E-state index contributed by atoms with van der Waals surface area (Å²) in [6, 6.07) is 5.20. The van der Waals surface area contributed by atoms with Gasteiger partial charge in [-0.3, -0.25) is 0 Å². The van der Waals surface area contributed by atoms with Crippen molar-refractivity contribution in [2.45, 2.75) is 13.0 Å². The van der Waals surface area contributed by atoms with Crippen molar-refractivity contribution in [1.82, 2.24) is 5.32 Å². The number of benzene rings is 1. The second-order valence-electron chi connectivity index (χ2n) is 4.55. The number of nitrogens with zero attached hydrogens (tertiary/aromatic N) is 1. The lowest BCUT2D eigenvalue weighted by atomic mass is 10.1. The Morgan fingerprint density at radius 3 is 3.00 bits per heavy atom. The Morgan fingerprint density at radius 1 is 1.53 bits per heavy atom. The van der Waals surface area contributed by atoms with Crippen molar-refractivity contribution in [3.63, 3.8) is 0 Å². The molecule has 0 saturated carbocycles. The van der Waals surface area contributed by atoms with Crippen LogP contribution in [0, 0.1) is 11.7 Å². The maximum absolute atomic E-state index is 13.8. The van der Waals surface area contributed by atoms with Gasteiger partial charge in [0.1, 0.15) is 5.82 Å². The second-order valence-corrected chi connectivity index (χ2v) is 4.55. The Kier molecular flexibility index (Phi) is 3.97. The van der Waals surface area contributed by atoms with Crippen LogP contribution in [-0.4, -0.2) is 31.9 Å². The number of aliphatic hydroxyl groups excluding tert-OH is 1. The van der Waals surface area contributed by atoms with E-state index in [9.17, 15) is 4.39 Å². The van der Waals surface area contributed by atoms with Crippen LogP contribution < -0.4 is 10.2 Å². The van der Waals surface area contributed by atoms with Gasteiger partial charge in [-0.05, 0) is 25.6 Å². The normalized spacial score (nSPS) is 19.9. The molecule has 1 saturated heterocycles. The lowest BCUT2D eigenvalue weighted by molar-refractivity contribution is 0.238. The summed E-state index contributed by atoms with van der Waals surface area (Å²) in [4.78, 5) is 2.16. The molecular weight excluding hydrogens is 219 g/mol. The van der Waals surface area contributed by atoms with Crippen LogP contribution in [-0.2, 0) is 6.54 Å². The molecule has 2 N–H and O–H groups in total. The summed E-state index contributed by atoms with van der Waals surface area (Å²) in [6.07, 6.45) is 0.978. The van der Waals surface area contributed by atoms with Gasteiger partial charge >= 0.3 is 0 Å². The Balaban J connectivity index is 2.23. The Morgan fingerprint density at radius 2 is 2.35 bits per heavy atom. The lowest BCUT2D eigenvalue weighted by Gasteiger charge is -2.22. The number of aliphatic hydroxyl groups is 1. The first-order valence-electron chi connectivity index (χ1n) is 6.04. The van der Waals surface area contributed by atoms with Crippen molar-refractivity contribution in [2.75, 3.05) is 31.6 Å². The molecule has 0 amide bonds. The van der Waals surface area contributed by atoms with Gasteiger partial charge in [0.15, 0.2) is 0 Å². The molecule has 1 aromatic carbocycles. The number of nitrogens with one attached hydrogen (secondary N) is 1. The predicted molar refractivity (Wildman–Crippen MR) is 66.6 cm³/mol. The van der Waals surface area contributed by atoms with E-state index >= 15 is 0 Å². The van der Waals surface area contributed by atoms with Gasteiger partial charge in [0.05, 0.1) is 0 Å². The quantitative estimate of drug-likeness (QED) is 0.831. The molecule has 0 aromatic heterocycles. The van der Waals surface area contributed by atoms with Gasteiger partial charge in [-0.15, -0.1) is 0 Å². The molecule has 94 valence electrons. The van der Waals surface area contributed by atoms with Gasteiger partial charge in [-0.25, -0.2) is 4.39 Å². The SMILES string of the molecule is CNCc1c(F)cccc1N1CCC(CO)C1. The first kappa shape index (κ1) is 12.3. The number of halogens is 1. The average Bonchev–Trinajstić information content (AvgIpc) is 2.80. The highest BCUT2D eigenvalue weighted by atomic mass is 19.1. The highest BCUT2D eigenvalue weighted by molar-refractivity contribution is 5.55. The molecule has 0 bridgehead atoms. The maximum atomic E-state index is 13.8. The molecule has 1 aliphatic heterocycles. The number of hydrogen-bond acceptors (Lipinski definition) is 3. The molecule has 1 unspecified atom stereocenters. The van der Waals surface area contributed by atoms with Crippen LogP contribution in [0.15, 0.2) is 18.2 Å². The van der Waals surface area contributed by atoms with Crippen molar-refractivity contribution in [3.05, 3.63) is 29.6 Å². The number of anilines is 1. The van der Waals surface area contributed by atoms with Crippen LogP contribution in [0.2, 0.25) is 0 Å². The molecule has 0 aliphatic carbocycles. The first-order chi connectivity index (χ1) is 8.26. The van der Waals surface area contributed by atoms with E-state index in [2.05, 4.69) is 10.2 Å². The zero-order chi connectivity index (χ0) is 12.3. The summed E-state index contributed by atoms with van der Waals surface area (Å²) < 4.78 is 13.8. The fourth-order valence-corrected chi connectivity index (χ4v) is 2.40. The summed E-state index contributed by atoms with van der Waals surface area (Å²) >= 11 is 0. The molecule has 4 heteroatoms. The third-order valence-electron chi connectivity index (χ3n) is 3.33. The van der Waals surface area contributed by atoms with Crippen molar-refractivity contribution < 1.29 is 9.50 Å². The van der Waals surface area contributed by atoms with E-state index in [4.69, 9.17) is 5.11 Å². The van der Waals surface area contributed by atoms with Crippen molar-refractivity contribution >= 4 is 5.69 Å². The molecule has 1 aromatic rings. The van der Waals surface area contributed by atoms with Gasteiger partial charge in [0.2, 0.25) is 0 Å². The van der Waals surface area contributed by atoms with Gasteiger partial charge in [-0.2, -0.15) is 0 Å². The van der Waals surface area contributed by atoms with Crippen LogP contribution in [0.4, 0.5) is 10.1 Å². The molecule has 2 rings (SSSR count). The molecular formula is C13H19FN2O. The van der Waals surface area contributed by atoms with E-state index < -0.39 is 0 Å². The summed E-state index contributed by atoms with van der Waals surface area (Å²) in [5.41, 5.74) is 1.67. The zero-order valence-corrected chi connectivity index (χ0v) is 10.1. The fraction of sp³-hybridized carbons (Fsp3) is 0.538. The zero-order valence-electron chi connectivity index (χ0n) is 10.1. The largest absolute Gasteiger partial charge is 0.396 e. The van der Waals surface area contributed by atoms with E-state index in [1.165, 1.54) is 6.07 Å². The highest BCUT2D eigenvalue weighted by Gasteiger charge is 2.24. The van der Waals surface area contributed by atoms with Crippen molar-refractivity contribution in [3.8, 4) is 0 Å². The predicted octanol–water partition coefficient (Wildman–Crippen LogP) is 1.36. The molecule has 1 fully saturated rings. The van der Waals surface area contributed by atoms with Crippen LogP contribution >= 0.6 is 0 Å². The smallest absolute Gasteiger partial charge is 0.129 e. The summed E-state index contributed by atoms with van der Waals surface area (Å²) in [6.45, 7) is 2.46. The Hall–Kier alpha value is -1.13. The molecule has 0 radical (unpaired) electrons. The molecule has 1 aliphatic rings. The molecule has 3 nitrogen and oxygen atoms in total. The third-order valence-corrected chi connectivity index (χ3v) is 3.33.